The molecule has 0 atom stereocenters. The van der Waals surface area contributed by atoms with Gasteiger partial charge in [0.1, 0.15) is 17.7 Å². The van der Waals surface area contributed by atoms with E-state index in [1.165, 1.54) is 17.7 Å². The Labute approximate surface area is 131 Å². The topological polar surface area (TPSA) is 80.0 Å². The number of benzene rings is 1. The zero-order valence-electron chi connectivity index (χ0n) is 11.6. The maximum Gasteiger partial charge on any atom is 0.228 e. The number of hydrogen-bond donors (Lipinski definition) is 2. The van der Waals surface area contributed by atoms with E-state index in [-0.39, 0.29) is 18.9 Å². The van der Waals surface area contributed by atoms with Gasteiger partial charge < -0.3 is 10.4 Å². The molecule has 2 aromatic heterocycles. The van der Waals surface area contributed by atoms with Crippen LogP contribution in [0.25, 0.3) is 5.00 Å². The minimum Gasteiger partial charge on any atom is -0.392 e. The van der Waals surface area contributed by atoms with Crippen molar-refractivity contribution >= 4 is 22.9 Å². The molecule has 3 aromatic rings. The predicted octanol–water partition coefficient (Wildman–Crippen LogP) is 2.00. The van der Waals surface area contributed by atoms with Gasteiger partial charge in [-0.05, 0) is 22.6 Å². The first-order valence-electron chi connectivity index (χ1n) is 6.67. The first kappa shape index (κ1) is 14.4. The lowest BCUT2D eigenvalue weighted by Gasteiger charge is -2.07. The molecule has 2 N–H and O–H groups in total. The number of thiophene rings is 1. The second-order valence-electron chi connectivity index (χ2n) is 4.68. The highest BCUT2D eigenvalue weighted by Crippen LogP contribution is 2.25. The number of aliphatic hydroxyl groups excluding tert-OH is 1. The van der Waals surface area contributed by atoms with Crippen LogP contribution in [0.4, 0.5) is 5.69 Å². The van der Waals surface area contributed by atoms with Gasteiger partial charge in [-0.25, -0.2) is 9.67 Å². The summed E-state index contributed by atoms with van der Waals surface area (Å²) >= 11 is 1.48. The van der Waals surface area contributed by atoms with Gasteiger partial charge in [0.05, 0.1) is 18.7 Å². The second-order valence-corrected chi connectivity index (χ2v) is 5.57. The largest absolute Gasteiger partial charge is 0.392 e. The highest BCUT2D eigenvalue weighted by Gasteiger charge is 2.11. The second kappa shape index (κ2) is 6.50. The van der Waals surface area contributed by atoms with Crippen LogP contribution in [0.1, 0.15) is 11.1 Å². The van der Waals surface area contributed by atoms with Crippen molar-refractivity contribution in [2.45, 2.75) is 13.0 Å². The molecule has 0 spiro atoms. The molecule has 0 fully saturated rings. The Bertz CT molecular complexity index is 750. The minimum absolute atomic E-state index is 0.00262. The van der Waals surface area contributed by atoms with Gasteiger partial charge in [-0.15, -0.1) is 11.3 Å². The fraction of sp³-hybridized carbons (Fsp3) is 0.133. The van der Waals surface area contributed by atoms with E-state index in [9.17, 15) is 4.79 Å². The number of nitrogens with zero attached hydrogens (tertiary/aromatic N) is 3. The van der Waals surface area contributed by atoms with Gasteiger partial charge in [0, 0.05) is 0 Å². The summed E-state index contributed by atoms with van der Waals surface area (Å²) in [6, 6.07) is 9.16. The van der Waals surface area contributed by atoms with Crippen molar-refractivity contribution < 1.29 is 9.90 Å². The number of aromatic nitrogens is 3. The van der Waals surface area contributed by atoms with Crippen LogP contribution < -0.4 is 5.32 Å². The molecule has 0 radical (unpaired) electrons. The Kier molecular flexibility index (Phi) is 4.27. The molecule has 0 bridgehead atoms. The maximum atomic E-state index is 12.2. The molecule has 1 aromatic carbocycles. The van der Waals surface area contributed by atoms with Gasteiger partial charge in [-0.3, -0.25) is 4.79 Å². The molecule has 1 amide bonds. The summed E-state index contributed by atoms with van der Waals surface area (Å²) < 4.78 is 1.62. The van der Waals surface area contributed by atoms with Crippen LogP contribution in [0.5, 0.6) is 0 Å². The third-order valence-electron chi connectivity index (χ3n) is 3.12. The lowest BCUT2D eigenvalue weighted by atomic mass is 10.1. The van der Waals surface area contributed by atoms with Crippen molar-refractivity contribution in [1.29, 1.82) is 0 Å². The van der Waals surface area contributed by atoms with Gasteiger partial charge in [-0.2, -0.15) is 5.10 Å². The van der Waals surface area contributed by atoms with Crippen molar-refractivity contribution in [2.75, 3.05) is 5.32 Å². The standard InChI is InChI=1S/C15H14N4O2S/c20-8-12-3-1-11(2-4-12)7-14(21)18-13-5-6-22-15(13)19-10-16-9-17-19/h1-6,9-10,20H,7-8H2,(H,18,21). The zero-order valence-corrected chi connectivity index (χ0v) is 12.5. The van der Waals surface area contributed by atoms with E-state index in [0.717, 1.165) is 16.1 Å². The Morgan fingerprint density at radius 3 is 2.68 bits per heavy atom. The van der Waals surface area contributed by atoms with E-state index in [1.807, 2.05) is 35.7 Å². The quantitative estimate of drug-likeness (QED) is 0.755. The number of anilines is 1. The number of nitrogens with one attached hydrogen (secondary N) is 1. The SMILES string of the molecule is O=C(Cc1ccc(CO)cc1)Nc1ccsc1-n1cncn1. The summed E-state index contributed by atoms with van der Waals surface area (Å²) in [6.45, 7) is 0.00262. The van der Waals surface area contributed by atoms with Crippen LogP contribution in [0.2, 0.25) is 0 Å². The average molecular weight is 314 g/mol. The third-order valence-corrected chi connectivity index (χ3v) is 4.02. The monoisotopic (exact) mass is 314 g/mol. The Hall–Kier alpha value is -2.51. The molecule has 2 heterocycles. The Morgan fingerprint density at radius 2 is 2.00 bits per heavy atom. The molecule has 7 heteroatoms. The summed E-state index contributed by atoms with van der Waals surface area (Å²) in [4.78, 5) is 16.1. The fourth-order valence-electron chi connectivity index (χ4n) is 2.03. The number of rotatable bonds is 5. The van der Waals surface area contributed by atoms with Crippen molar-refractivity contribution in [3.05, 3.63) is 59.5 Å². The van der Waals surface area contributed by atoms with Crippen molar-refractivity contribution in [1.82, 2.24) is 14.8 Å². The average Bonchev–Trinajstić information content (AvgIpc) is 3.18. The summed E-state index contributed by atoms with van der Waals surface area (Å²) in [5.74, 6) is -0.100. The fourth-order valence-corrected chi connectivity index (χ4v) is 2.81. The number of carbonyl (C=O) groups excluding carboxylic acids is 1. The van der Waals surface area contributed by atoms with Crippen molar-refractivity contribution in [3.8, 4) is 5.00 Å². The molecule has 0 saturated heterocycles. The summed E-state index contributed by atoms with van der Waals surface area (Å²) in [5.41, 5.74) is 2.44. The molecule has 0 aliphatic heterocycles. The maximum absolute atomic E-state index is 12.2. The van der Waals surface area contributed by atoms with E-state index in [4.69, 9.17) is 5.11 Å². The number of hydrogen-bond acceptors (Lipinski definition) is 5. The normalized spacial score (nSPS) is 10.6. The van der Waals surface area contributed by atoms with E-state index in [1.54, 1.807) is 11.0 Å². The highest BCUT2D eigenvalue weighted by molar-refractivity contribution is 7.13. The first-order valence-corrected chi connectivity index (χ1v) is 7.55. The lowest BCUT2D eigenvalue weighted by Crippen LogP contribution is -2.15. The Morgan fingerprint density at radius 1 is 1.23 bits per heavy atom. The predicted molar refractivity (Wildman–Crippen MR) is 83.9 cm³/mol. The van der Waals surface area contributed by atoms with Crippen LogP contribution in [0, 0.1) is 0 Å². The smallest absolute Gasteiger partial charge is 0.228 e. The molecule has 0 saturated carbocycles. The minimum atomic E-state index is -0.100. The van der Waals surface area contributed by atoms with Crippen LogP contribution in [0.15, 0.2) is 48.4 Å². The zero-order chi connectivity index (χ0) is 15.4. The molecule has 22 heavy (non-hydrogen) atoms. The van der Waals surface area contributed by atoms with E-state index < -0.39 is 0 Å². The summed E-state index contributed by atoms with van der Waals surface area (Å²) in [7, 11) is 0. The van der Waals surface area contributed by atoms with Gasteiger partial charge in [0.15, 0.2) is 0 Å². The van der Waals surface area contributed by atoms with E-state index in [2.05, 4.69) is 15.4 Å². The van der Waals surface area contributed by atoms with Crippen LogP contribution in [-0.2, 0) is 17.8 Å². The molecule has 6 nitrogen and oxygen atoms in total. The van der Waals surface area contributed by atoms with Gasteiger partial charge in [0.25, 0.3) is 0 Å². The number of carbonyl (C=O) groups is 1. The molecule has 0 aliphatic carbocycles. The molecular weight excluding hydrogens is 300 g/mol. The number of aliphatic hydroxyl groups is 1. The van der Waals surface area contributed by atoms with E-state index in [0.29, 0.717) is 5.69 Å². The highest BCUT2D eigenvalue weighted by atomic mass is 32.1. The van der Waals surface area contributed by atoms with Gasteiger partial charge >= 0.3 is 0 Å². The molecular formula is C15H14N4O2S. The summed E-state index contributed by atoms with van der Waals surface area (Å²) in [5, 5.41) is 18.7. The van der Waals surface area contributed by atoms with Gasteiger partial charge in [-0.1, -0.05) is 24.3 Å². The van der Waals surface area contributed by atoms with Gasteiger partial charge in [0.2, 0.25) is 5.91 Å². The third kappa shape index (κ3) is 3.21. The van der Waals surface area contributed by atoms with Crippen LogP contribution in [0.3, 0.4) is 0 Å². The molecule has 0 unspecified atom stereocenters. The van der Waals surface area contributed by atoms with Crippen LogP contribution >= 0.6 is 11.3 Å². The molecule has 112 valence electrons. The molecule has 0 aliphatic rings. The number of amides is 1. The first-order chi connectivity index (χ1) is 10.8. The Balaban J connectivity index is 1.68. The van der Waals surface area contributed by atoms with Crippen molar-refractivity contribution in [2.24, 2.45) is 0 Å². The van der Waals surface area contributed by atoms with Crippen LogP contribution in [-0.4, -0.2) is 25.8 Å². The van der Waals surface area contributed by atoms with Crippen molar-refractivity contribution in [3.63, 3.8) is 0 Å². The summed E-state index contributed by atoms with van der Waals surface area (Å²) in [6.07, 6.45) is 3.32. The lowest BCUT2D eigenvalue weighted by molar-refractivity contribution is -0.115. The van der Waals surface area contributed by atoms with E-state index >= 15 is 0 Å². The molecule has 3 rings (SSSR count).